The van der Waals surface area contributed by atoms with Crippen LogP contribution in [0.2, 0.25) is 0 Å². The van der Waals surface area contributed by atoms with Gasteiger partial charge in [-0.1, -0.05) is 13.8 Å². The fourth-order valence-electron chi connectivity index (χ4n) is 3.85. The second-order valence-electron chi connectivity index (χ2n) is 7.78. The molecule has 2 N–H and O–H groups in total. The molecule has 8 heteroatoms. The SMILES string of the molecule is CCN(CC)CCCOc1ccc(N=C2C=C(c3c(O)[nH]c4cc(F)ccc34)OC2)cc1F. The molecular weight excluding hydrogens is 428 g/mol. The Hall–Kier alpha value is -3.39. The number of aromatic hydroxyl groups is 1. The molecule has 0 saturated carbocycles. The van der Waals surface area contributed by atoms with Crippen LogP contribution in [0.1, 0.15) is 25.8 Å². The Kier molecular flexibility index (Phi) is 6.93. The van der Waals surface area contributed by atoms with Crippen molar-refractivity contribution in [1.82, 2.24) is 9.88 Å². The van der Waals surface area contributed by atoms with Gasteiger partial charge in [-0.15, -0.1) is 0 Å². The maximum Gasteiger partial charge on any atom is 0.200 e. The van der Waals surface area contributed by atoms with E-state index in [4.69, 9.17) is 9.47 Å². The number of nitrogens with one attached hydrogen (secondary N) is 1. The predicted octanol–water partition coefficient (Wildman–Crippen LogP) is 5.41. The molecule has 0 amide bonds. The van der Waals surface area contributed by atoms with Gasteiger partial charge in [0, 0.05) is 24.1 Å². The maximum absolute atomic E-state index is 14.5. The summed E-state index contributed by atoms with van der Waals surface area (Å²) in [6, 6.07) is 8.79. The van der Waals surface area contributed by atoms with Gasteiger partial charge in [-0.2, -0.15) is 0 Å². The van der Waals surface area contributed by atoms with Crippen LogP contribution in [0.3, 0.4) is 0 Å². The molecule has 0 atom stereocenters. The Labute approximate surface area is 191 Å². The number of H-pyrrole nitrogens is 1. The summed E-state index contributed by atoms with van der Waals surface area (Å²) in [6.07, 6.45) is 2.50. The molecule has 0 spiro atoms. The average molecular weight is 456 g/mol. The van der Waals surface area contributed by atoms with E-state index in [0.717, 1.165) is 26.1 Å². The van der Waals surface area contributed by atoms with Gasteiger partial charge in [0.05, 0.1) is 29.1 Å². The Morgan fingerprint density at radius 2 is 1.97 bits per heavy atom. The van der Waals surface area contributed by atoms with E-state index in [9.17, 15) is 13.9 Å². The zero-order valence-corrected chi connectivity index (χ0v) is 18.7. The number of nitrogens with zero attached hydrogens (tertiary/aromatic N) is 2. The number of fused-ring (bicyclic) bond motifs is 1. The lowest BCUT2D eigenvalue weighted by molar-refractivity contribution is 0.243. The van der Waals surface area contributed by atoms with Crippen molar-refractivity contribution >= 4 is 28.1 Å². The average Bonchev–Trinajstić information content (AvgIpc) is 3.37. The van der Waals surface area contributed by atoms with Crippen LogP contribution < -0.4 is 4.74 Å². The standard InChI is InChI=1S/C25H27F2N3O3/c1-3-30(4-2)10-5-11-32-22-9-7-17(13-20(22)27)28-18-14-23(33-15-18)24-19-8-6-16(26)12-21(19)29-25(24)31/h6-9,12-14,29,31H,3-5,10-11,15H2,1-2H3. The highest BCUT2D eigenvalue weighted by atomic mass is 19.1. The molecule has 33 heavy (non-hydrogen) atoms. The van der Waals surface area contributed by atoms with Crippen LogP contribution >= 0.6 is 0 Å². The van der Waals surface area contributed by atoms with Crippen molar-refractivity contribution < 1.29 is 23.4 Å². The lowest BCUT2D eigenvalue weighted by Gasteiger charge is -2.17. The van der Waals surface area contributed by atoms with Gasteiger partial charge < -0.3 is 24.5 Å². The molecule has 0 aliphatic carbocycles. The summed E-state index contributed by atoms with van der Waals surface area (Å²) in [6.45, 7) is 7.73. The number of aliphatic imine (C=N–C) groups is 1. The number of aromatic nitrogens is 1. The van der Waals surface area contributed by atoms with E-state index in [1.807, 2.05) is 0 Å². The van der Waals surface area contributed by atoms with E-state index in [1.54, 1.807) is 24.3 Å². The summed E-state index contributed by atoms with van der Waals surface area (Å²) in [5, 5.41) is 10.9. The van der Waals surface area contributed by atoms with Crippen molar-refractivity contribution in [3.8, 4) is 11.6 Å². The van der Waals surface area contributed by atoms with Gasteiger partial charge >= 0.3 is 0 Å². The molecule has 0 fully saturated rings. The Balaban J connectivity index is 1.45. The van der Waals surface area contributed by atoms with Gasteiger partial charge in [0.2, 0.25) is 5.88 Å². The van der Waals surface area contributed by atoms with Crippen molar-refractivity contribution in [2.75, 3.05) is 32.8 Å². The lowest BCUT2D eigenvalue weighted by Crippen LogP contribution is -2.25. The second-order valence-corrected chi connectivity index (χ2v) is 7.78. The molecule has 174 valence electrons. The first-order valence-electron chi connectivity index (χ1n) is 11.1. The quantitative estimate of drug-likeness (QED) is 0.424. The van der Waals surface area contributed by atoms with Crippen molar-refractivity contribution in [3.05, 3.63) is 59.7 Å². The van der Waals surface area contributed by atoms with Crippen molar-refractivity contribution in [2.24, 2.45) is 4.99 Å². The fraction of sp³-hybridized carbons (Fsp3) is 0.320. The predicted molar refractivity (Wildman–Crippen MR) is 125 cm³/mol. The number of hydrogen-bond donors (Lipinski definition) is 2. The monoisotopic (exact) mass is 455 g/mol. The van der Waals surface area contributed by atoms with Gasteiger partial charge in [0.25, 0.3) is 0 Å². The first kappa shape index (κ1) is 22.8. The van der Waals surface area contributed by atoms with Gasteiger partial charge in [-0.05, 0) is 49.8 Å². The zero-order chi connectivity index (χ0) is 23.4. The molecule has 1 aliphatic rings. The van der Waals surface area contributed by atoms with Crippen molar-refractivity contribution in [2.45, 2.75) is 20.3 Å². The topological polar surface area (TPSA) is 70.1 Å². The van der Waals surface area contributed by atoms with Crippen LogP contribution in [0.4, 0.5) is 14.5 Å². The Morgan fingerprint density at radius 3 is 2.73 bits per heavy atom. The van der Waals surface area contributed by atoms with E-state index < -0.39 is 11.6 Å². The number of aromatic amines is 1. The molecule has 2 heterocycles. The normalized spacial score (nSPS) is 14.8. The zero-order valence-electron chi connectivity index (χ0n) is 18.7. The summed E-state index contributed by atoms with van der Waals surface area (Å²) in [5.74, 6) is -0.376. The third kappa shape index (κ3) is 5.17. The van der Waals surface area contributed by atoms with Crippen LogP contribution in [0.25, 0.3) is 16.7 Å². The highest BCUT2D eigenvalue weighted by Crippen LogP contribution is 2.36. The van der Waals surface area contributed by atoms with Crippen LogP contribution in [0, 0.1) is 11.6 Å². The highest BCUT2D eigenvalue weighted by Gasteiger charge is 2.22. The highest BCUT2D eigenvalue weighted by molar-refractivity contribution is 6.08. The van der Waals surface area contributed by atoms with E-state index >= 15 is 0 Å². The first-order chi connectivity index (χ1) is 16.0. The minimum atomic E-state index is -0.473. The van der Waals surface area contributed by atoms with E-state index in [1.165, 1.54) is 18.2 Å². The summed E-state index contributed by atoms with van der Waals surface area (Å²) >= 11 is 0. The first-order valence-corrected chi connectivity index (χ1v) is 11.1. The number of rotatable bonds is 9. The number of ether oxygens (including phenoxy) is 2. The molecule has 0 unspecified atom stereocenters. The minimum absolute atomic E-state index is 0.114. The third-order valence-electron chi connectivity index (χ3n) is 5.62. The van der Waals surface area contributed by atoms with Gasteiger partial charge in [-0.3, -0.25) is 0 Å². The number of benzene rings is 2. The molecule has 0 saturated heterocycles. The summed E-state index contributed by atoms with van der Waals surface area (Å²) < 4.78 is 39.2. The van der Waals surface area contributed by atoms with Gasteiger partial charge in [-0.25, -0.2) is 13.8 Å². The van der Waals surface area contributed by atoms with E-state index in [-0.39, 0.29) is 18.2 Å². The minimum Gasteiger partial charge on any atom is -0.494 e. The molecule has 6 nitrogen and oxygen atoms in total. The van der Waals surface area contributed by atoms with Crippen molar-refractivity contribution in [1.29, 1.82) is 0 Å². The van der Waals surface area contributed by atoms with Crippen molar-refractivity contribution in [3.63, 3.8) is 0 Å². The Morgan fingerprint density at radius 1 is 1.15 bits per heavy atom. The molecule has 2 aromatic carbocycles. The second kappa shape index (κ2) is 10.0. The van der Waals surface area contributed by atoms with Gasteiger partial charge in [0.15, 0.2) is 11.6 Å². The van der Waals surface area contributed by atoms with Crippen LogP contribution in [0.15, 0.2) is 47.5 Å². The molecule has 3 aromatic rings. The Bertz CT molecular complexity index is 1200. The van der Waals surface area contributed by atoms with E-state index in [0.29, 0.717) is 40.2 Å². The summed E-state index contributed by atoms with van der Waals surface area (Å²) in [4.78, 5) is 9.48. The lowest BCUT2D eigenvalue weighted by atomic mass is 10.1. The molecule has 4 rings (SSSR count). The number of hydrogen-bond acceptors (Lipinski definition) is 5. The fourth-order valence-corrected chi connectivity index (χ4v) is 3.85. The molecular formula is C25H27F2N3O3. The maximum atomic E-state index is 14.5. The summed E-state index contributed by atoms with van der Waals surface area (Å²) in [7, 11) is 0. The largest absolute Gasteiger partial charge is 0.494 e. The van der Waals surface area contributed by atoms with Gasteiger partial charge in [0.1, 0.15) is 18.2 Å². The molecule has 1 aliphatic heterocycles. The molecule has 0 radical (unpaired) electrons. The smallest absolute Gasteiger partial charge is 0.200 e. The van der Waals surface area contributed by atoms with Crippen LogP contribution in [-0.2, 0) is 4.74 Å². The molecule has 0 bridgehead atoms. The molecule has 1 aromatic heterocycles. The van der Waals surface area contributed by atoms with Crippen LogP contribution in [0.5, 0.6) is 11.6 Å². The summed E-state index contributed by atoms with van der Waals surface area (Å²) in [5.41, 5.74) is 1.92. The number of halogens is 2. The van der Waals surface area contributed by atoms with E-state index in [2.05, 4.69) is 28.7 Å². The van der Waals surface area contributed by atoms with Crippen LogP contribution in [-0.4, -0.2) is 53.6 Å². The third-order valence-corrected chi connectivity index (χ3v) is 5.62.